The Balaban J connectivity index is 1.07. The third-order valence-corrected chi connectivity index (χ3v) is 9.07. The smallest absolute Gasteiger partial charge is 0.407 e. The fourth-order valence-electron chi connectivity index (χ4n) is 6.48. The van der Waals surface area contributed by atoms with E-state index in [0.717, 1.165) is 44.3 Å². The van der Waals surface area contributed by atoms with Crippen LogP contribution in [0.25, 0.3) is 22.0 Å². The molecule has 11 heteroatoms. The Hall–Kier alpha value is -6.10. The summed E-state index contributed by atoms with van der Waals surface area (Å²) < 4.78 is 11.0. The van der Waals surface area contributed by atoms with E-state index in [9.17, 15) is 24.3 Å². The van der Waals surface area contributed by atoms with Gasteiger partial charge in [-0.1, -0.05) is 97.1 Å². The molecule has 5 aromatic rings. The number of fused-ring (bicyclic) bond motifs is 4. The van der Waals surface area contributed by atoms with Crippen LogP contribution in [0.1, 0.15) is 47.4 Å². The van der Waals surface area contributed by atoms with Crippen LogP contribution in [0.5, 0.6) is 0 Å². The topological polar surface area (TPSA) is 159 Å². The number of rotatable bonds is 15. The summed E-state index contributed by atoms with van der Waals surface area (Å²) in [5, 5.41) is 18.9. The number of hydrogen-bond donors (Lipinski definition) is 5. The molecule has 262 valence electrons. The number of benzene rings is 4. The molecule has 5 N–H and O–H groups in total. The van der Waals surface area contributed by atoms with E-state index in [1.807, 2.05) is 103 Å². The highest BCUT2D eigenvalue weighted by molar-refractivity contribution is 5.90. The molecule has 1 aliphatic rings. The van der Waals surface area contributed by atoms with Crippen LogP contribution in [-0.4, -0.2) is 59.4 Å². The first-order chi connectivity index (χ1) is 24.9. The summed E-state index contributed by atoms with van der Waals surface area (Å²) in [5.41, 5.74) is 6.75. The fourth-order valence-corrected chi connectivity index (χ4v) is 6.48. The zero-order valence-corrected chi connectivity index (χ0v) is 28.0. The number of alkyl carbamates (subject to hydrolysis) is 2. The van der Waals surface area contributed by atoms with Crippen molar-refractivity contribution in [1.82, 2.24) is 20.9 Å². The number of ether oxygens (including phenoxy) is 2. The molecule has 4 aromatic carbocycles. The molecule has 0 unspecified atom stereocenters. The van der Waals surface area contributed by atoms with Crippen LogP contribution in [0.4, 0.5) is 9.59 Å². The molecule has 0 spiro atoms. The van der Waals surface area contributed by atoms with E-state index >= 15 is 0 Å². The zero-order valence-electron chi connectivity index (χ0n) is 28.0. The van der Waals surface area contributed by atoms with Crippen molar-refractivity contribution in [3.05, 3.63) is 132 Å². The van der Waals surface area contributed by atoms with E-state index in [1.165, 1.54) is 0 Å². The maximum atomic E-state index is 13.6. The van der Waals surface area contributed by atoms with Gasteiger partial charge in [-0.15, -0.1) is 0 Å². The van der Waals surface area contributed by atoms with Gasteiger partial charge in [0.2, 0.25) is 5.91 Å². The van der Waals surface area contributed by atoms with Crippen molar-refractivity contribution < 1.29 is 33.8 Å². The van der Waals surface area contributed by atoms with Gasteiger partial charge in [-0.05, 0) is 58.7 Å². The van der Waals surface area contributed by atoms with Gasteiger partial charge in [0.25, 0.3) is 0 Å². The molecule has 1 heterocycles. The van der Waals surface area contributed by atoms with Gasteiger partial charge < -0.3 is 35.5 Å². The second kappa shape index (κ2) is 16.5. The Morgan fingerprint density at radius 2 is 1.39 bits per heavy atom. The van der Waals surface area contributed by atoms with Crippen LogP contribution < -0.4 is 16.0 Å². The molecular weight excluding hydrogens is 648 g/mol. The highest BCUT2D eigenvalue weighted by atomic mass is 16.6. The van der Waals surface area contributed by atoms with E-state index in [0.29, 0.717) is 12.8 Å². The summed E-state index contributed by atoms with van der Waals surface area (Å²) in [6.45, 7) is 0.481. The first kappa shape index (κ1) is 34.8. The van der Waals surface area contributed by atoms with Crippen LogP contribution in [-0.2, 0) is 32.1 Å². The summed E-state index contributed by atoms with van der Waals surface area (Å²) in [5.74, 6) is -2.02. The number of amides is 3. The minimum Gasteiger partial charge on any atom is -0.480 e. The standard InChI is InChI=1S/C40H40N4O7/c45-37(43-36(38(46)47)22-27-23-42-34-19-9-8-14-28(27)34)35(20-10-11-21-41-39(48)50-24-26-12-2-1-3-13-26)44-40(49)51-25-33-31-17-6-4-15-29(31)30-16-5-7-18-32(30)33/h1-9,12-19,23,33,35-36,42H,10-11,20-22,24-25H2,(H,41,48)(H,43,45)(H,44,49)(H,46,47)/t35-,36-/m0/s1. The number of hydrogen-bond acceptors (Lipinski definition) is 6. The number of H-pyrrole nitrogens is 1. The minimum absolute atomic E-state index is 0.0394. The van der Waals surface area contributed by atoms with E-state index in [2.05, 4.69) is 20.9 Å². The number of nitrogens with one attached hydrogen (secondary N) is 4. The Kier molecular flexibility index (Phi) is 11.3. The van der Waals surface area contributed by atoms with Gasteiger partial charge >= 0.3 is 18.2 Å². The van der Waals surface area contributed by atoms with Crippen LogP contribution in [0.3, 0.4) is 0 Å². The van der Waals surface area contributed by atoms with Gasteiger partial charge in [0.05, 0.1) is 0 Å². The number of unbranched alkanes of at least 4 members (excludes halogenated alkanes) is 1. The molecule has 6 rings (SSSR count). The van der Waals surface area contributed by atoms with Crippen molar-refractivity contribution >= 4 is 35.0 Å². The van der Waals surface area contributed by atoms with Gasteiger partial charge in [0.1, 0.15) is 25.3 Å². The highest BCUT2D eigenvalue weighted by Gasteiger charge is 2.31. The molecule has 0 bridgehead atoms. The number of aromatic amines is 1. The van der Waals surface area contributed by atoms with Gasteiger partial charge in [0.15, 0.2) is 0 Å². The molecule has 3 amide bonds. The first-order valence-electron chi connectivity index (χ1n) is 17.0. The maximum Gasteiger partial charge on any atom is 0.407 e. The molecule has 51 heavy (non-hydrogen) atoms. The van der Waals surface area contributed by atoms with Crippen LogP contribution in [0.2, 0.25) is 0 Å². The largest absolute Gasteiger partial charge is 0.480 e. The number of para-hydroxylation sites is 1. The first-order valence-corrected chi connectivity index (χ1v) is 17.0. The predicted octanol–water partition coefficient (Wildman–Crippen LogP) is 6.28. The highest BCUT2D eigenvalue weighted by Crippen LogP contribution is 2.44. The lowest BCUT2D eigenvalue weighted by atomic mass is 9.98. The van der Waals surface area contributed by atoms with Gasteiger partial charge in [0, 0.05) is 36.0 Å². The Bertz CT molecular complexity index is 1950. The van der Waals surface area contributed by atoms with Crippen LogP contribution >= 0.6 is 0 Å². The summed E-state index contributed by atoms with van der Waals surface area (Å²) in [7, 11) is 0. The minimum atomic E-state index is -1.25. The molecule has 1 aliphatic carbocycles. The summed E-state index contributed by atoms with van der Waals surface area (Å²) >= 11 is 0. The zero-order chi connectivity index (χ0) is 35.6. The number of aromatic nitrogens is 1. The molecular formula is C40H40N4O7. The Morgan fingerprint density at radius 1 is 0.725 bits per heavy atom. The van der Waals surface area contributed by atoms with Crippen molar-refractivity contribution in [2.24, 2.45) is 0 Å². The van der Waals surface area contributed by atoms with E-state index < -0.39 is 36.1 Å². The van der Waals surface area contributed by atoms with E-state index in [4.69, 9.17) is 9.47 Å². The number of carboxylic acids is 1. The third kappa shape index (κ3) is 8.74. The normalized spacial score (nSPS) is 13.0. The van der Waals surface area contributed by atoms with Gasteiger partial charge in [-0.25, -0.2) is 14.4 Å². The van der Waals surface area contributed by atoms with Gasteiger partial charge in [-0.2, -0.15) is 0 Å². The molecule has 2 atom stereocenters. The average Bonchev–Trinajstić information content (AvgIpc) is 3.71. The maximum absolute atomic E-state index is 13.6. The lowest BCUT2D eigenvalue weighted by Crippen LogP contribution is -2.52. The van der Waals surface area contributed by atoms with Gasteiger partial charge in [-0.3, -0.25) is 4.79 Å². The lowest BCUT2D eigenvalue weighted by molar-refractivity contribution is -0.142. The summed E-state index contributed by atoms with van der Waals surface area (Å²) in [6, 6.07) is 30.5. The molecule has 0 aliphatic heterocycles. The number of aliphatic carboxylic acids is 1. The predicted molar refractivity (Wildman–Crippen MR) is 192 cm³/mol. The van der Waals surface area contributed by atoms with Crippen molar-refractivity contribution in [2.75, 3.05) is 13.2 Å². The number of carbonyl (C=O) groups excluding carboxylic acids is 3. The molecule has 0 radical (unpaired) electrons. The van der Waals surface area contributed by atoms with Crippen molar-refractivity contribution in [2.45, 2.75) is 50.3 Å². The Morgan fingerprint density at radius 3 is 2.12 bits per heavy atom. The quantitative estimate of drug-likeness (QED) is 0.0810. The molecule has 11 nitrogen and oxygen atoms in total. The van der Waals surface area contributed by atoms with Crippen LogP contribution in [0.15, 0.2) is 109 Å². The van der Waals surface area contributed by atoms with Crippen LogP contribution in [0, 0.1) is 0 Å². The summed E-state index contributed by atoms with van der Waals surface area (Å²) in [4.78, 5) is 54.5. The number of carbonyl (C=O) groups is 4. The number of carboxylic acid groups (broad SMARTS) is 1. The summed E-state index contributed by atoms with van der Waals surface area (Å²) in [6.07, 6.45) is 1.51. The molecule has 0 saturated heterocycles. The molecule has 0 saturated carbocycles. The third-order valence-electron chi connectivity index (χ3n) is 9.07. The van der Waals surface area contributed by atoms with E-state index in [1.54, 1.807) is 6.20 Å². The van der Waals surface area contributed by atoms with E-state index in [-0.39, 0.29) is 38.5 Å². The van der Waals surface area contributed by atoms with Crippen molar-refractivity contribution in [3.63, 3.8) is 0 Å². The Labute approximate surface area is 295 Å². The molecule has 1 aromatic heterocycles. The SMILES string of the molecule is O=C(NCCCC[C@H](NC(=O)OCC1c2ccccc2-c2ccccc21)C(=O)N[C@@H](Cc1c[nH]c2ccccc12)C(=O)O)OCc1ccccc1. The fraction of sp³-hybridized carbons (Fsp3) is 0.250. The monoisotopic (exact) mass is 688 g/mol. The van der Waals surface area contributed by atoms with Crippen molar-refractivity contribution in [3.8, 4) is 11.1 Å². The lowest BCUT2D eigenvalue weighted by Gasteiger charge is -2.22. The molecule has 0 fully saturated rings. The second-order valence-corrected chi connectivity index (χ2v) is 12.5. The average molecular weight is 689 g/mol. The second-order valence-electron chi connectivity index (χ2n) is 12.5. The van der Waals surface area contributed by atoms with Crippen molar-refractivity contribution in [1.29, 1.82) is 0 Å².